The predicted octanol–water partition coefficient (Wildman–Crippen LogP) is 2.00. The Kier molecular flexibility index (Phi) is 6.01. The lowest BCUT2D eigenvalue weighted by Gasteiger charge is -2.22. The van der Waals surface area contributed by atoms with E-state index in [0.717, 1.165) is 4.68 Å². The molecule has 0 aliphatic rings. The number of fused-ring (bicyclic) bond motifs is 1. The highest BCUT2D eigenvalue weighted by Crippen LogP contribution is 2.18. The van der Waals surface area contributed by atoms with Crippen molar-refractivity contribution < 1.29 is 14.7 Å². The lowest BCUT2D eigenvalue weighted by atomic mass is 10.0. The summed E-state index contributed by atoms with van der Waals surface area (Å²) >= 11 is 0. The fourth-order valence-electron chi connectivity index (χ4n) is 3.15. The number of nitrogens with one attached hydrogen (secondary N) is 1. The maximum Gasteiger partial charge on any atom is 0.326 e. The molecule has 2 N–H and O–H groups in total. The van der Waals surface area contributed by atoms with Crippen molar-refractivity contribution in [2.75, 3.05) is 0 Å². The molecule has 0 saturated carbocycles. The zero-order chi connectivity index (χ0) is 21.0. The van der Waals surface area contributed by atoms with E-state index in [1.54, 1.807) is 54.6 Å². The van der Waals surface area contributed by atoms with Gasteiger partial charge < -0.3 is 10.4 Å². The summed E-state index contributed by atoms with van der Waals surface area (Å²) in [6.07, 6.45) is 0.265. The first kappa shape index (κ1) is 20.2. The number of amides is 1. The molecule has 0 fully saturated rings. The van der Waals surface area contributed by atoms with Gasteiger partial charge in [0.2, 0.25) is 5.91 Å². The summed E-state index contributed by atoms with van der Waals surface area (Å²) < 4.78 is 1.00. The predicted molar refractivity (Wildman–Crippen MR) is 107 cm³/mol. The summed E-state index contributed by atoms with van der Waals surface area (Å²) in [5.41, 5.74) is 0.449. The number of benzene rings is 2. The van der Waals surface area contributed by atoms with Crippen LogP contribution in [0.3, 0.4) is 0 Å². The van der Waals surface area contributed by atoms with Gasteiger partial charge in [0.05, 0.1) is 5.39 Å². The average Bonchev–Trinajstić information content (AvgIpc) is 2.70. The number of aromatic nitrogens is 3. The molecule has 0 bridgehead atoms. The Hall–Kier alpha value is -3.55. The zero-order valence-corrected chi connectivity index (χ0v) is 16.1. The lowest BCUT2D eigenvalue weighted by Crippen LogP contribution is -2.47. The fraction of sp³-hybridized carbons (Fsp3) is 0.286. The summed E-state index contributed by atoms with van der Waals surface area (Å²) in [7, 11) is 0. The van der Waals surface area contributed by atoms with E-state index in [0.29, 0.717) is 16.5 Å². The third-order valence-corrected chi connectivity index (χ3v) is 4.52. The summed E-state index contributed by atoms with van der Waals surface area (Å²) in [4.78, 5) is 37.7. The largest absolute Gasteiger partial charge is 0.480 e. The van der Waals surface area contributed by atoms with E-state index in [1.165, 1.54) is 0 Å². The highest BCUT2D eigenvalue weighted by Gasteiger charge is 2.30. The third kappa shape index (κ3) is 4.48. The standard InChI is InChI=1S/C21H22N4O4/c1-13(2)12-17(21(28)29)22-19(26)18(14-8-4-3-5-9-14)25-20(27)15-10-6-7-11-16(15)23-24-25/h3-11,13,17-18H,12H2,1-2H3,(H,22,26)(H,28,29)/t17-,18-/m0/s1. The molecule has 29 heavy (non-hydrogen) atoms. The topological polar surface area (TPSA) is 114 Å². The molecule has 0 aliphatic carbocycles. The smallest absolute Gasteiger partial charge is 0.326 e. The normalized spacial score (nSPS) is 13.2. The minimum Gasteiger partial charge on any atom is -0.480 e. The van der Waals surface area contributed by atoms with Gasteiger partial charge in [-0.25, -0.2) is 4.79 Å². The first-order valence-electron chi connectivity index (χ1n) is 9.31. The van der Waals surface area contributed by atoms with Gasteiger partial charge in [0.15, 0.2) is 6.04 Å². The number of carbonyl (C=O) groups is 2. The van der Waals surface area contributed by atoms with Crippen molar-refractivity contribution in [3.63, 3.8) is 0 Å². The number of rotatable bonds is 7. The van der Waals surface area contributed by atoms with Crippen molar-refractivity contribution in [1.29, 1.82) is 0 Å². The Bertz CT molecular complexity index is 1080. The molecule has 3 aromatic rings. The molecular formula is C21H22N4O4. The number of aliphatic carboxylic acids is 1. The van der Waals surface area contributed by atoms with E-state index in [-0.39, 0.29) is 12.3 Å². The molecule has 2 aromatic carbocycles. The molecule has 3 rings (SSSR count). The van der Waals surface area contributed by atoms with Crippen LogP contribution in [-0.4, -0.2) is 38.0 Å². The minimum absolute atomic E-state index is 0.0646. The minimum atomic E-state index is -1.14. The maximum absolute atomic E-state index is 13.1. The molecule has 8 nitrogen and oxygen atoms in total. The molecule has 0 radical (unpaired) electrons. The van der Waals surface area contributed by atoms with Crippen molar-refractivity contribution in [2.45, 2.75) is 32.4 Å². The van der Waals surface area contributed by atoms with Gasteiger partial charge in [0.25, 0.3) is 5.56 Å². The Morgan fingerprint density at radius 2 is 1.72 bits per heavy atom. The van der Waals surface area contributed by atoms with Crippen molar-refractivity contribution in [1.82, 2.24) is 20.3 Å². The average molecular weight is 394 g/mol. The molecule has 0 saturated heterocycles. The SMILES string of the molecule is CC(C)C[C@H](NC(=O)[C@H](c1ccccc1)n1nnc2ccccc2c1=O)C(=O)O. The van der Waals surface area contributed by atoms with Crippen LogP contribution in [-0.2, 0) is 9.59 Å². The molecule has 150 valence electrons. The molecule has 1 aromatic heterocycles. The summed E-state index contributed by atoms with van der Waals surface area (Å²) in [6.45, 7) is 3.74. The molecule has 8 heteroatoms. The number of carboxylic acids is 1. The van der Waals surface area contributed by atoms with Crippen LogP contribution in [0.2, 0.25) is 0 Å². The molecule has 1 amide bonds. The van der Waals surface area contributed by atoms with Gasteiger partial charge in [0, 0.05) is 0 Å². The Balaban J connectivity index is 2.07. The number of hydrogen-bond acceptors (Lipinski definition) is 5. The number of carboxylic acid groups (broad SMARTS) is 1. The maximum atomic E-state index is 13.1. The monoisotopic (exact) mass is 394 g/mol. The van der Waals surface area contributed by atoms with Gasteiger partial charge in [0.1, 0.15) is 11.6 Å². The van der Waals surface area contributed by atoms with Crippen molar-refractivity contribution in [3.05, 3.63) is 70.5 Å². The fourth-order valence-corrected chi connectivity index (χ4v) is 3.15. The van der Waals surface area contributed by atoms with Gasteiger partial charge in [-0.05, 0) is 30.0 Å². The Labute approximate surface area is 167 Å². The summed E-state index contributed by atoms with van der Waals surface area (Å²) in [6, 6.07) is 13.1. The Morgan fingerprint density at radius 1 is 1.07 bits per heavy atom. The van der Waals surface area contributed by atoms with Gasteiger partial charge in [-0.1, -0.05) is 61.5 Å². The van der Waals surface area contributed by atoms with E-state index < -0.39 is 29.5 Å². The summed E-state index contributed by atoms with van der Waals surface area (Å²) in [5, 5.41) is 20.4. The quantitative estimate of drug-likeness (QED) is 0.633. The van der Waals surface area contributed by atoms with Crippen LogP contribution in [0.5, 0.6) is 0 Å². The molecule has 1 heterocycles. The Morgan fingerprint density at radius 3 is 2.38 bits per heavy atom. The number of nitrogens with zero attached hydrogens (tertiary/aromatic N) is 3. The third-order valence-electron chi connectivity index (χ3n) is 4.52. The highest BCUT2D eigenvalue weighted by molar-refractivity contribution is 5.88. The van der Waals surface area contributed by atoms with E-state index in [2.05, 4.69) is 15.6 Å². The van der Waals surface area contributed by atoms with E-state index in [4.69, 9.17) is 0 Å². The second-order valence-corrected chi connectivity index (χ2v) is 7.20. The van der Waals surface area contributed by atoms with Gasteiger partial charge in [-0.2, -0.15) is 4.68 Å². The number of carbonyl (C=O) groups excluding carboxylic acids is 1. The first-order valence-corrected chi connectivity index (χ1v) is 9.31. The van der Waals surface area contributed by atoms with Crippen molar-refractivity contribution in [2.24, 2.45) is 5.92 Å². The van der Waals surface area contributed by atoms with E-state index >= 15 is 0 Å². The summed E-state index contributed by atoms with van der Waals surface area (Å²) in [5.74, 6) is -1.69. The number of hydrogen-bond donors (Lipinski definition) is 2. The van der Waals surface area contributed by atoms with Crippen LogP contribution in [0.4, 0.5) is 0 Å². The van der Waals surface area contributed by atoms with Crippen LogP contribution in [0.1, 0.15) is 31.9 Å². The highest BCUT2D eigenvalue weighted by atomic mass is 16.4. The van der Waals surface area contributed by atoms with Crippen molar-refractivity contribution in [3.8, 4) is 0 Å². The second kappa shape index (κ2) is 8.64. The van der Waals surface area contributed by atoms with Crippen LogP contribution < -0.4 is 10.9 Å². The molecule has 0 unspecified atom stereocenters. The lowest BCUT2D eigenvalue weighted by molar-refractivity contribution is -0.142. The van der Waals surface area contributed by atoms with Crippen LogP contribution in [0, 0.1) is 5.92 Å². The van der Waals surface area contributed by atoms with Gasteiger partial charge in [-0.3, -0.25) is 9.59 Å². The second-order valence-electron chi connectivity index (χ2n) is 7.20. The van der Waals surface area contributed by atoms with Gasteiger partial charge in [-0.15, -0.1) is 5.10 Å². The zero-order valence-electron chi connectivity index (χ0n) is 16.1. The van der Waals surface area contributed by atoms with Crippen LogP contribution in [0.15, 0.2) is 59.4 Å². The molecule has 2 atom stereocenters. The van der Waals surface area contributed by atoms with Crippen LogP contribution in [0.25, 0.3) is 10.9 Å². The van der Waals surface area contributed by atoms with Crippen LogP contribution >= 0.6 is 0 Å². The van der Waals surface area contributed by atoms with Crippen molar-refractivity contribution >= 4 is 22.8 Å². The first-order chi connectivity index (χ1) is 13.9. The van der Waals surface area contributed by atoms with Gasteiger partial charge >= 0.3 is 5.97 Å². The molecular weight excluding hydrogens is 372 g/mol. The van der Waals surface area contributed by atoms with E-state index in [9.17, 15) is 19.5 Å². The molecule has 0 spiro atoms. The van der Waals surface area contributed by atoms with E-state index in [1.807, 2.05) is 13.8 Å². The molecule has 0 aliphatic heterocycles.